The van der Waals surface area contributed by atoms with E-state index in [9.17, 15) is 0 Å². The molecule has 0 N–H and O–H groups in total. The summed E-state index contributed by atoms with van der Waals surface area (Å²) in [7, 11) is 1.95. The molecule has 0 amide bonds. The molecule has 0 spiro atoms. The van der Waals surface area contributed by atoms with E-state index in [1.807, 2.05) is 18.7 Å². The minimum atomic E-state index is 1.08. The lowest BCUT2D eigenvalue weighted by Crippen LogP contribution is -1.86. The molecule has 2 nitrogen and oxygen atoms in total. The van der Waals surface area contributed by atoms with E-state index in [2.05, 4.69) is 42.5 Å². The first-order valence-corrected chi connectivity index (χ1v) is 4.74. The topological polar surface area (TPSA) is 17.8 Å². The van der Waals surface area contributed by atoms with Gasteiger partial charge in [-0.1, -0.05) is 29.8 Å². The minimum Gasteiger partial charge on any atom is -0.275 e. The zero-order chi connectivity index (χ0) is 10.1. The van der Waals surface area contributed by atoms with Crippen molar-refractivity contribution in [3.63, 3.8) is 0 Å². The molecule has 0 aliphatic heterocycles. The van der Waals surface area contributed by atoms with Crippen molar-refractivity contribution in [2.45, 2.75) is 13.8 Å². The Morgan fingerprint density at radius 3 is 2.21 bits per heavy atom. The van der Waals surface area contributed by atoms with Gasteiger partial charge in [-0.2, -0.15) is 5.10 Å². The van der Waals surface area contributed by atoms with Crippen molar-refractivity contribution in [3.8, 4) is 11.1 Å². The molecule has 0 fully saturated rings. The van der Waals surface area contributed by atoms with E-state index >= 15 is 0 Å². The van der Waals surface area contributed by atoms with Gasteiger partial charge in [-0.25, -0.2) is 0 Å². The van der Waals surface area contributed by atoms with Crippen molar-refractivity contribution in [1.82, 2.24) is 9.78 Å². The van der Waals surface area contributed by atoms with Gasteiger partial charge in [0.15, 0.2) is 0 Å². The molecule has 2 aromatic rings. The lowest BCUT2D eigenvalue weighted by atomic mass is 10.1. The van der Waals surface area contributed by atoms with Crippen LogP contribution in [0.3, 0.4) is 0 Å². The number of nitrogens with zero attached hydrogens (tertiary/aromatic N) is 2. The molecule has 0 bridgehead atoms. The molecule has 2 heteroatoms. The van der Waals surface area contributed by atoms with Crippen LogP contribution in [0, 0.1) is 13.8 Å². The summed E-state index contributed by atoms with van der Waals surface area (Å²) in [4.78, 5) is 0. The Bertz CT molecular complexity index is 438. The molecule has 1 aromatic heterocycles. The molecular weight excluding hydrogens is 172 g/mol. The van der Waals surface area contributed by atoms with Gasteiger partial charge in [-0.3, -0.25) is 4.68 Å². The largest absolute Gasteiger partial charge is 0.275 e. The first kappa shape index (κ1) is 9.00. The van der Waals surface area contributed by atoms with E-state index in [0.29, 0.717) is 0 Å². The van der Waals surface area contributed by atoms with E-state index in [1.165, 1.54) is 16.7 Å². The van der Waals surface area contributed by atoms with Crippen LogP contribution in [0.5, 0.6) is 0 Å². The second-order valence-electron chi connectivity index (χ2n) is 3.67. The fourth-order valence-corrected chi connectivity index (χ4v) is 1.62. The highest BCUT2D eigenvalue weighted by Gasteiger charge is 2.04. The van der Waals surface area contributed by atoms with Crippen molar-refractivity contribution in [2.75, 3.05) is 0 Å². The van der Waals surface area contributed by atoms with Gasteiger partial charge < -0.3 is 0 Å². The number of hydrogen-bond acceptors (Lipinski definition) is 1. The van der Waals surface area contributed by atoms with Crippen molar-refractivity contribution < 1.29 is 0 Å². The highest BCUT2D eigenvalue weighted by molar-refractivity contribution is 5.65. The molecule has 0 saturated heterocycles. The summed E-state index contributed by atoms with van der Waals surface area (Å²) in [5, 5.41) is 4.33. The predicted molar refractivity (Wildman–Crippen MR) is 58.1 cm³/mol. The minimum absolute atomic E-state index is 1.08. The summed E-state index contributed by atoms with van der Waals surface area (Å²) >= 11 is 0. The third kappa shape index (κ3) is 1.55. The number of aromatic nitrogens is 2. The maximum atomic E-state index is 4.33. The zero-order valence-electron chi connectivity index (χ0n) is 8.78. The summed E-state index contributed by atoms with van der Waals surface area (Å²) in [5.74, 6) is 0. The van der Waals surface area contributed by atoms with Gasteiger partial charge in [0.2, 0.25) is 0 Å². The Labute approximate surface area is 84.2 Å². The molecule has 2 rings (SSSR count). The average molecular weight is 186 g/mol. The molecule has 14 heavy (non-hydrogen) atoms. The standard InChI is InChI=1S/C12H14N2/c1-9-4-6-11(7-5-9)12-8-14(3)13-10(12)2/h4-8H,1-3H3. The van der Waals surface area contributed by atoms with Crippen LogP contribution < -0.4 is 0 Å². The van der Waals surface area contributed by atoms with Crippen LogP contribution in [0.2, 0.25) is 0 Å². The van der Waals surface area contributed by atoms with Gasteiger partial charge >= 0.3 is 0 Å². The molecule has 0 aliphatic rings. The van der Waals surface area contributed by atoms with Crippen molar-refractivity contribution >= 4 is 0 Å². The highest BCUT2D eigenvalue weighted by Crippen LogP contribution is 2.22. The third-order valence-corrected chi connectivity index (χ3v) is 2.38. The maximum Gasteiger partial charge on any atom is 0.0671 e. The number of hydrogen-bond donors (Lipinski definition) is 0. The van der Waals surface area contributed by atoms with Crippen LogP contribution in [0.15, 0.2) is 30.5 Å². The van der Waals surface area contributed by atoms with Crippen LogP contribution >= 0.6 is 0 Å². The maximum absolute atomic E-state index is 4.33. The van der Waals surface area contributed by atoms with E-state index in [4.69, 9.17) is 0 Å². The van der Waals surface area contributed by atoms with Crippen molar-refractivity contribution in [1.29, 1.82) is 0 Å². The van der Waals surface area contributed by atoms with Crippen molar-refractivity contribution in [2.24, 2.45) is 7.05 Å². The highest BCUT2D eigenvalue weighted by atomic mass is 15.2. The average Bonchev–Trinajstić information content (AvgIpc) is 2.47. The fraction of sp³-hybridized carbons (Fsp3) is 0.250. The van der Waals surface area contributed by atoms with Gasteiger partial charge in [0, 0.05) is 18.8 Å². The Morgan fingerprint density at radius 2 is 1.71 bits per heavy atom. The molecule has 0 unspecified atom stereocenters. The summed E-state index contributed by atoms with van der Waals surface area (Å²) in [6, 6.07) is 8.53. The first-order valence-electron chi connectivity index (χ1n) is 4.74. The molecule has 0 aliphatic carbocycles. The van der Waals surface area contributed by atoms with E-state index in [-0.39, 0.29) is 0 Å². The van der Waals surface area contributed by atoms with Gasteiger partial charge in [0.05, 0.1) is 5.69 Å². The molecule has 1 heterocycles. The summed E-state index contributed by atoms with van der Waals surface area (Å²) in [5.41, 5.74) is 4.82. The van der Waals surface area contributed by atoms with Crippen LogP contribution in [-0.4, -0.2) is 9.78 Å². The van der Waals surface area contributed by atoms with Crippen molar-refractivity contribution in [3.05, 3.63) is 41.7 Å². The molecule has 1 aromatic carbocycles. The molecule has 72 valence electrons. The lowest BCUT2D eigenvalue weighted by molar-refractivity contribution is 0.756. The number of rotatable bonds is 1. The van der Waals surface area contributed by atoms with Crippen LogP contribution in [-0.2, 0) is 7.05 Å². The Morgan fingerprint density at radius 1 is 1.07 bits per heavy atom. The summed E-state index contributed by atoms with van der Waals surface area (Å²) in [6.07, 6.45) is 2.06. The monoisotopic (exact) mass is 186 g/mol. The van der Waals surface area contributed by atoms with E-state index < -0.39 is 0 Å². The quantitative estimate of drug-likeness (QED) is 0.669. The van der Waals surface area contributed by atoms with Gasteiger partial charge in [0.25, 0.3) is 0 Å². The van der Waals surface area contributed by atoms with Gasteiger partial charge in [-0.05, 0) is 19.4 Å². The van der Waals surface area contributed by atoms with Crippen LogP contribution in [0.25, 0.3) is 11.1 Å². The Balaban J connectivity index is 2.49. The van der Waals surface area contributed by atoms with Gasteiger partial charge in [0.1, 0.15) is 0 Å². The first-order chi connectivity index (χ1) is 6.66. The molecular formula is C12H14N2. The van der Waals surface area contributed by atoms with Crippen LogP contribution in [0.1, 0.15) is 11.3 Å². The van der Waals surface area contributed by atoms with Crippen LogP contribution in [0.4, 0.5) is 0 Å². The summed E-state index contributed by atoms with van der Waals surface area (Å²) in [6.45, 7) is 4.13. The number of benzene rings is 1. The predicted octanol–water partition coefficient (Wildman–Crippen LogP) is 2.70. The number of aryl methyl sites for hydroxylation is 3. The molecule has 0 saturated carbocycles. The van der Waals surface area contributed by atoms with E-state index in [1.54, 1.807) is 0 Å². The lowest BCUT2D eigenvalue weighted by Gasteiger charge is -1.98. The Kier molecular flexibility index (Phi) is 2.12. The SMILES string of the molecule is Cc1ccc(-c2cn(C)nc2C)cc1. The zero-order valence-corrected chi connectivity index (χ0v) is 8.78. The second-order valence-corrected chi connectivity index (χ2v) is 3.67. The summed E-state index contributed by atoms with van der Waals surface area (Å²) < 4.78 is 1.85. The van der Waals surface area contributed by atoms with E-state index in [0.717, 1.165) is 5.69 Å². The van der Waals surface area contributed by atoms with Gasteiger partial charge in [-0.15, -0.1) is 0 Å². The molecule has 0 atom stereocenters. The smallest absolute Gasteiger partial charge is 0.0671 e. The Hall–Kier alpha value is -1.57. The normalized spacial score (nSPS) is 10.5. The third-order valence-electron chi connectivity index (χ3n) is 2.38. The second kappa shape index (κ2) is 3.29. The molecule has 0 radical (unpaired) electrons. The fourth-order valence-electron chi connectivity index (χ4n) is 1.62.